The number of hydrogen-bond acceptors (Lipinski definition) is 5. The Morgan fingerprint density at radius 3 is 2.75 bits per heavy atom. The predicted octanol–water partition coefficient (Wildman–Crippen LogP) is 2.96. The second-order valence-electron chi connectivity index (χ2n) is 5.10. The first-order chi connectivity index (χ1) is 9.74. The lowest BCUT2D eigenvalue weighted by atomic mass is 10.4. The van der Waals surface area contributed by atoms with Gasteiger partial charge in [-0.25, -0.2) is 4.98 Å². The fourth-order valence-corrected chi connectivity index (χ4v) is 2.50. The van der Waals surface area contributed by atoms with Gasteiger partial charge in [0.25, 0.3) is 0 Å². The lowest BCUT2D eigenvalue weighted by Crippen LogP contribution is -2.31. The third-order valence-corrected chi connectivity index (χ3v) is 4.02. The Morgan fingerprint density at radius 2 is 2.10 bits per heavy atom. The number of anilines is 2. The molecule has 2 rings (SSSR count). The molecule has 1 aliphatic carbocycles. The van der Waals surface area contributed by atoms with Crippen LogP contribution in [0, 0.1) is 0 Å². The zero-order valence-corrected chi connectivity index (χ0v) is 13.9. The molecule has 0 aliphatic heterocycles. The summed E-state index contributed by atoms with van der Waals surface area (Å²) in [6, 6.07) is 0.817. The van der Waals surface area contributed by atoms with Gasteiger partial charge in [-0.2, -0.15) is 4.98 Å². The summed E-state index contributed by atoms with van der Waals surface area (Å²) in [5.74, 6) is 1.55. The van der Waals surface area contributed by atoms with E-state index in [1.54, 1.807) is 6.20 Å². The molecule has 1 saturated carbocycles. The highest BCUT2D eigenvalue weighted by atomic mass is 79.9. The van der Waals surface area contributed by atoms with Gasteiger partial charge in [-0.05, 0) is 41.7 Å². The van der Waals surface area contributed by atoms with Crippen LogP contribution in [-0.2, 0) is 0 Å². The van der Waals surface area contributed by atoms with Crippen LogP contribution in [0.4, 0.5) is 11.8 Å². The van der Waals surface area contributed by atoms with E-state index < -0.39 is 0 Å². The fraction of sp³-hybridized carbons (Fsp3) is 0.714. The predicted molar refractivity (Wildman–Crippen MR) is 87.3 cm³/mol. The van der Waals surface area contributed by atoms with E-state index in [2.05, 4.69) is 55.3 Å². The van der Waals surface area contributed by atoms with Crippen LogP contribution in [0.25, 0.3) is 0 Å². The number of rotatable bonds is 9. The van der Waals surface area contributed by atoms with E-state index in [0.29, 0.717) is 5.95 Å². The zero-order chi connectivity index (χ0) is 14.4. The molecule has 0 spiro atoms. The highest BCUT2D eigenvalue weighted by molar-refractivity contribution is 9.10. The molecule has 112 valence electrons. The first-order valence-corrected chi connectivity index (χ1v) is 8.28. The van der Waals surface area contributed by atoms with Gasteiger partial charge in [0.05, 0.1) is 4.47 Å². The van der Waals surface area contributed by atoms with Gasteiger partial charge in [0.2, 0.25) is 5.95 Å². The average molecular weight is 342 g/mol. The number of nitrogens with zero attached hydrogens (tertiary/aromatic N) is 3. The molecule has 2 N–H and O–H groups in total. The zero-order valence-electron chi connectivity index (χ0n) is 12.3. The molecule has 1 heterocycles. The third-order valence-electron chi connectivity index (χ3n) is 3.44. The number of halogens is 1. The number of aromatic nitrogens is 2. The van der Waals surface area contributed by atoms with Crippen molar-refractivity contribution in [2.24, 2.45) is 0 Å². The molecule has 1 aliphatic rings. The first kappa shape index (κ1) is 15.5. The second kappa shape index (κ2) is 7.78. The Kier molecular flexibility index (Phi) is 6.04. The van der Waals surface area contributed by atoms with Crippen molar-refractivity contribution < 1.29 is 0 Å². The molecule has 1 fully saturated rings. The largest absolute Gasteiger partial charge is 0.368 e. The average Bonchev–Trinajstić information content (AvgIpc) is 3.28. The summed E-state index contributed by atoms with van der Waals surface area (Å²) < 4.78 is 0.911. The number of likely N-dealkylation sites (N-methyl/N-ethyl adjacent to an activating group) is 1. The molecule has 20 heavy (non-hydrogen) atoms. The fourth-order valence-electron chi connectivity index (χ4n) is 2.17. The van der Waals surface area contributed by atoms with E-state index >= 15 is 0 Å². The highest BCUT2D eigenvalue weighted by Gasteiger charge is 2.27. The van der Waals surface area contributed by atoms with Crippen LogP contribution in [0.5, 0.6) is 0 Å². The molecule has 1 aromatic heterocycles. The molecule has 0 amide bonds. The van der Waals surface area contributed by atoms with Crippen molar-refractivity contribution in [2.45, 2.75) is 39.2 Å². The highest BCUT2D eigenvalue weighted by Crippen LogP contribution is 2.26. The first-order valence-electron chi connectivity index (χ1n) is 7.49. The van der Waals surface area contributed by atoms with Crippen molar-refractivity contribution in [3.8, 4) is 0 Å². The molecule has 0 saturated heterocycles. The van der Waals surface area contributed by atoms with E-state index in [4.69, 9.17) is 0 Å². The minimum absolute atomic E-state index is 0.687. The molecule has 0 unspecified atom stereocenters. The maximum Gasteiger partial charge on any atom is 0.224 e. The Bertz CT molecular complexity index is 422. The van der Waals surface area contributed by atoms with Gasteiger partial charge >= 0.3 is 0 Å². The summed E-state index contributed by atoms with van der Waals surface area (Å²) in [4.78, 5) is 11.3. The molecule has 0 aromatic carbocycles. The van der Waals surface area contributed by atoms with Crippen LogP contribution in [0.3, 0.4) is 0 Å². The Labute approximate surface area is 129 Å². The minimum Gasteiger partial charge on any atom is -0.368 e. The maximum atomic E-state index is 4.49. The molecular weight excluding hydrogens is 318 g/mol. The monoisotopic (exact) mass is 341 g/mol. The topological polar surface area (TPSA) is 53.1 Å². The van der Waals surface area contributed by atoms with E-state index in [1.165, 1.54) is 12.8 Å². The van der Waals surface area contributed by atoms with E-state index in [1.807, 2.05) is 0 Å². The lowest BCUT2D eigenvalue weighted by molar-refractivity contribution is 0.289. The summed E-state index contributed by atoms with van der Waals surface area (Å²) in [6.07, 6.45) is 5.58. The molecule has 6 heteroatoms. The van der Waals surface area contributed by atoms with Gasteiger partial charge in [-0.3, -0.25) is 4.90 Å². The summed E-state index contributed by atoms with van der Waals surface area (Å²) >= 11 is 3.50. The quantitative estimate of drug-likeness (QED) is 0.723. The normalized spacial score (nSPS) is 14.6. The maximum absolute atomic E-state index is 4.49. The van der Waals surface area contributed by atoms with E-state index in [-0.39, 0.29) is 0 Å². The van der Waals surface area contributed by atoms with Crippen LogP contribution in [0.2, 0.25) is 0 Å². The second-order valence-corrected chi connectivity index (χ2v) is 5.96. The molecule has 1 aromatic rings. The Hall–Kier alpha value is -0.880. The number of hydrogen-bond donors (Lipinski definition) is 2. The van der Waals surface area contributed by atoms with Crippen molar-refractivity contribution in [2.75, 3.05) is 36.8 Å². The summed E-state index contributed by atoms with van der Waals surface area (Å²) in [7, 11) is 0. The smallest absolute Gasteiger partial charge is 0.224 e. The van der Waals surface area contributed by atoms with Gasteiger partial charge in [0, 0.05) is 31.9 Å². The van der Waals surface area contributed by atoms with Crippen molar-refractivity contribution in [3.05, 3.63) is 10.7 Å². The van der Waals surface area contributed by atoms with Crippen LogP contribution >= 0.6 is 15.9 Å². The summed E-state index contributed by atoms with van der Waals surface area (Å²) in [6.45, 7) is 8.35. The van der Waals surface area contributed by atoms with E-state index in [9.17, 15) is 0 Å². The van der Waals surface area contributed by atoms with Gasteiger partial charge in [0.15, 0.2) is 0 Å². The van der Waals surface area contributed by atoms with Crippen LogP contribution < -0.4 is 10.6 Å². The SMILES string of the molecule is CCCNc1ncc(Br)c(NCCN(CC)C2CC2)n1. The standard InChI is InChI=1S/C14H24BrN5/c1-3-7-17-14-18-10-12(15)13(19-14)16-8-9-20(4-2)11-5-6-11/h10-11H,3-9H2,1-2H3,(H2,16,17,18,19). The third kappa shape index (κ3) is 4.59. The van der Waals surface area contributed by atoms with Gasteiger partial charge in [0.1, 0.15) is 5.82 Å². The van der Waals surface area contributed by atoms with Crippen molar-refractivity contribution >= 4 is 27.7 Å². The van der Waals surface area contributed by atoms with Crippen LogP contribution in [0.15, 0.2) is 10.7 Å². The van der Waals surface area contributed by atoms with E-state index in [0.717, 1.165) is 48.9 Å². The molecule has 0 atom stereocenters. The summed E-state index contributed by atoms with van der Waals surface area (Å²) in [5, 5.41) is 6.60. The van der Waals surface area contributed by atoms with Gasteiger partial charge in [-0.15, -0.1) is 0 Å². The minimum atomic E-state index is 0.687. The van der Waals surface area contributed by atoms with Crippen molar-refractivity contribution in [3.63, 3.8) is 0 Å². The molecule has 0 bridgehead atoms. The summed E-state index contributed by atoms with van der Waals surface area (Å²) in [5.41, 5.74) is 0. The lowest BCUT2D eigenvalue weighted by Gasteiger charge is -2.20. The van der Waals surface area contributed by atoms with Crippen LogP contribution in [-0.4, -0.2) is 47.1 Å². The van der Waals surface area contributed by atoms with Crippen molar-refractivity contribution in [1.29, 1.82) is 0 Å². The Morgan fingerprint density at radius 1 is 1.30 bits per heavy atom. The van der Waals surface area contributed by atoms with Crippen LogP contribution in [0.1, 0.15) is 33.1 Å². The number of nitrogens with one attached hydrogen (secondary N) is 2. The van der Waals surface area contributed by atoms with Gasteiger partial charge in [-0.1, -0.05) is 13.8 Å². The molecule has 5 nitrogen and oxygen atoms in total. The van der Waals surface area contributed by atoms with Gasteiger partial charge < -0.3 is 10.6 Å². The Balaban J connectivity index is 1.84. The molecule has 0 radical (unpaired) electrons. The van der Waals surface area contributed by atoms with Crippen molar-refractivity contribution in [1.82, 2.24) is 14.9 Å². The molecular formula is C14H24BrN5.